The maximum atomic E-state index is 10.2. The molecule has 0 N–H and O–H groups in total. The Morgan fingerprint density at radius 1 is 0.500 bits per heavy atom. The third-order valence-electron chi connectivity index (χ3n) is 18.5. The van der Waals surface area contributed by atoms with Gasteiger partial charge in [0.25, 0.3) is 6.33 Å². The van der Waals surface area contributed by atoms with Gasteiger partial charge in [0.15, 0.2) is 8.07 Å². The van der Waals surface area contributed by atoms with Crippen molar-refractivity contribution < 1.29 is 29.9 Å². The van der Waals surface area contributed by atoms with Crippen LogP contribution in [0.15, 0.2) is 242 Å². The van der Waals surface area contributed by atoms with E-state index in [9.17, 15) is 16.4 Å². The molecule has 0 bridgehead atoms. The second-order valence-corrected chi connectivity index (χ2v) is 30.5. The van der Waals surface area contributed by atoms with E-state index in [1.807, 2.05) is 100 Å². The van der Waals surface area contributed by atoms with Crippen LogP contribution in [0.25, 0.3) is 83.4 Å². The number of fused-ring (bicyclic) bond motifs is 11. The first-order valence-corrected chi connectivity index (χ1v) is 32.1. The molecule has 0 saturated carbocycles. The lowest BCUT2D eigenvalue weighted by Gasteiger charge is -2.42. The van der Waals surface area contributed by atoms with Gasteiger partial charge in [0.05, 0.1) is 54.0 Å². The molecule has 5 nitrogen and oxygen atoms in total. The van der Waals surface area contributed by atoms with Crippen LogP contribution in [-0.2, 0) is 21.7 Å². The van der Waals surface area contributed by atoms with E-state index < -0.39 is 120 Å². The molecule has 10 aromatic carbocycles. The Balaban J connectivity index is 1.13. The number of para-hydroxylation sites is 2. The third kappa shape index (κ3) is 8.85. The van der Waals surface area contributed by atoms with Crippen LogP contribution in [-0.4, -0.2) is 22.2 Å². The van der Waals surface area contributed by atoms with Crippen molar-refractivity contribution in [1.82, 2.24) is 14.1 Å². The van der Waals surface area contributed by atoms with Crippen molar-refractivity contribution in [2.75, 3.05) is 0 Å². The zero-order chi connectivity index (χ0) is 73.5. The van der Waals surface area contributed by atoms with E-state index in [0.29, 0.717) is 39.3 Å². The monoisotopic (exact) mass is 1170 g/mol. The van der Waals surface area contributed by atoms with Crippen molar-refractivity contribution in [3.05, 3.63) is 271 Å². The molecule has 0 fully saturated rings. The molecule has 0 spiro atoms. The van der Waals surface area contributed by atoms with Gasteiger partial charge in [-0.2, -0.15) is 0 Å². The molecule has 6 heteroatoms. The Morgan fingerprint density at radius 2 is 1.07 bits per heavy atom. The molecule has 0 unspecified atom stereocenters. The highest BCUT2D eigenvalue weighted by molar-refractivity contribution is 7.20. The van der Waals surface area contributed by atoms with Crippen molar-refractivity contribution in [3.8, 4) is 62.1 Å². The molecule has 13 aromatic rings. The number of ether oxygens (including phenoxy) is 1. The maximum absolute atomic E-state index is 10.2. The quantitative estimate of drug-likeness (QED) is 0.0658. The zero-order valence-electron chi connectivity index (χ0n) is 66.0. The third-order valence-corrected chi connectivity index (χ3v) is 22.6. The Morgan fingerprint density at radius 3 is 1.70 bits per heavy atom. The van der Waals surface area contributed by atoms with E-state index in [4.69, 9.17) is 13.8 Å². The van der Waals surface area contributed by atoms with E-state index >= 15 is 0 Å². The van der Waals surface area contributed by atoms with Crippen LogP contribution in [0.1, 0.15) is 125 Å². The van der Waals surface area contributed by atoms with E-state index in [1.54, 1.807) is 12.1 Å². The summed E-state index contributed by atoms with van der Waals surface area (Å²) < 4.78 is 158. The summed E-state index contributed by atoms with van der Waals surface area (Å²) in [7, 11) is -5.78. The summed E-state index contributed by atoms with van der Waals surface area (Å²) in [5.74, 6) is 1.65. The predicted molar refractivity (Wildman–Crippen MR) is 368 cm³/mol. The molecule has 0 amide bonds. The summed E-state index contributed by atoms with van der Waals surface area (Å²) in [6, 6.07) is 35.3. The average Bonchev–Trinajstić information content (AvgIpc) is 1.53. The lowest BCUT2D eigenvalue weighted by molar-refractivity contribution is -0.572. The number of pyridine rings is 1. The second-order valence-electron chi connectivity index (χ2n) is 26.9. The molecule has 2 aliphatic rings. The number of rotatable bonds is 8. The van der Waals surface area contributed by atoms with Crippen LogP contribution in [0.4, 0.5) is 0 Å². The van der Waals surface area contributed by atoms with Gasteiger partial charge in [-0.15, -0.1) is 0 Å². The summed E-state index contributed by atoms with van der Waals surface area (Å²) in [5, 5.41) is 0.177. The minimum Gasteiger partial charge on any atom is -0.458 e. The first-order valence-electron chi connectivity index (χ1n) is 37.6. The Kier molecular flexibility index (Phi) is 9.47. The van der Waals surface area contributed by atoms with Gasteiger partial charge in [0, 0.05) is 23.0 Å². The van der Waals surface area contributed by atoms with Crippen LogP contribution in [0.3, 0.4) is 0 Å². The molecule has 3 aromatic heterocycles. The van der Waals surface area contributed by atoms with Crippen molar-refractivity contribution in [3.63, 3.8) is 0 Å². The summed E-state index contributed by atoms with van der Waals surface area (Å²) in [6.45, 7) is 22.1. The van der Waals surface area contributed by atoms with Gasteiger partial charge in [-0.25, -0.2) is 4.98 Å². The van der Waals surface area contributed by atoms with Crippen molar-refractivity contribution in [1.29, 1.82) is 0 Å². The Labute approximate surface area is 540 Å². The summed E-state index contributed by atoms with van der Waals surface area (Å²) in [4.78, 5) is 4.92. The average molecular weight is 1170 g/mol. The van der Waals surface area contributed by atoms with E-state index in [2.05, 4.69) is 129 Å². The fourth-order valence-corrected chi connectivity index (χ4v) is 17.7. The molecular formula is C82H74N4OSi. The Bertz CT molecular complexity index is 5610. The molecule has 15 rings (SSSR count). The molecule has 0 atom stereocenters. The maximum Gasteiger partial charge on any atom is 0.269 e. The largest absolute Gasteiger partial charge is 0.458 e. The highest BCUT2D eigenvalue weighted by atomic mass is 28.3. The molecule has 4 heterocycles. The van der Waals surface area contributed by atoms with Gasteiger partial charge in [0.2, 0.25) is 0 Å². The smallest absolute Gasteiger partial charge is 0.269 e. The first kappa shape index (κ1) is 40.9. The van der Waals surface area contributed by atoms with E-state index in [1.165, 1.54) is 11.1 Å². The van der Waals surface area contributed by atoms with Gasteiger partial charge in [-0.3, -0.25) is 13.7 Å². The SMILES string of the molecule is [2H]c1c([2H])c([2H])c([Si](c2cc3c4c(c2)n(-c2cccc(Oc5ccc6c7ccccc7n(-c7cc(C(C)(C)C)ccn7)c6c5)c2)[c-][n+]4-c2c(cccc2C(C)(C)C)-c2cc4c(cc2-c2ccccc2-3)C(C)(C)CCC4(C)C)(c2c([2H])c([2H])c([2H])c([2H])c2[2H])c2c([2H])c([2H])c([2H])c([2H])c2[2H])c([2H])c1[2H]. The van der Waals surface area contributed by atoms with Crippen molar-refractivity contribution in [2.45, 2.75) is 104 Å². The van der Waals surface area contributed by atoms with Crippen LogP contribution in [0.5, 0.6) is 11.5 Å². The van der Waals surface area contributed by atoms with E-state index in [0.717, 1.165) is 79.5 Å². The number of imidazole rings is 1. The summed E-state index contributed by atoms with van der Waals surface area (Å²) in [6.07, 6.45) is 7.57. The Hall–Kier alpha value is -9.36. The molecule has 0 radical (unpaired) electrons. The first-order chi connectivity index (χ1) is 48.6. The molecule has 1 aliphatic carbocycles. The number of hydrogen-bond donors (Lipinski definition) is 0. The number of aromatic nitrogens is 4. The molecule has 0 saturated heterocycles. The van der Waals surface area contributed by atoms with Gasteiger partial charge in [0.1, 0.15) is 17.3 Å². The molecule has 1 aliphatic heterocycles. The second kappa shape index (κ2) is 20.4. The topological polar surface area (TPSA) is 35.9 Å². The summed E-state index contributed by atoms with van der Waals surface area (Å²) >= 11 is 0. The highest BCUT2D eigenvalue weighted by Crippen LogP contribution is 2.52. The fraction of sp³-hybridized carbons (Fsp3) is 0.195. The van der Waals surface area contributed by atoms with Gasteiger partial charge >= 0.3 is 0 Å². The van der Waals surface area contributed by atoms with Gasteiger partial charge in [-0.1, -0.05) is 245 Å². The lowest BCUT2D eigenvalue weighted by Crippen LogP contribution is -2.74. The van der Waals surface area contributed by atoms with Gasteiger partial charge < -0.3 is 4.74 Å². The standard InChI is InChI=1S/C82H74N4OSi/c1-79(2,3)54-42-45-83-76(46-54)86-73-39-23-22-36-64(73)65-41-40-57(48-74(65)86)87-56-27-24-26-55(47-56)84-53-85-77-66(37-25-38-70(77)80(4,5)6)68-52-72-71(81(7,8)43-44-82(72,9)10)51-67(68)62-34-20-21-35-63(62)69-49-61(50-75(84)78(69)85)88(58-28-14-11-15-29-58,59-30-16-12-17-31-59)60-32-18-13-19-33-60/h11-42,45-52H,43-44H2,1-10H3/i11D,12D,13D,14D,15D,16D,17D,18D,19D,28D,29D,30D,31D,32D,33D. The molecule has 432 valence electrons. The minimum absolute atomic E-state index is 0.0453. The number of hydrogen-bond acceptors (Lipinski definition) is 2. The summed E-state index contributed by atoms with van der Waals surface area (Å²) in [5.41, 5.74) is 11.6. The number of benzene rings is 10. The van der Waals surface area contributed by atoms with Crippen LogP contribution >= 0.6 is 0 Å². The normalized spacial score (nSPS) is 16.7. The van der Waals surface area contributed by atoms with Crippen molar-refractivity contribution >= 4 is 61.7 Å². The lowest BCUT2D eigenvalue weighted by atomic mass is 9.62. The zero-order valence-corrected chi connectivity index (χ0v) is 52.0. The number of nitrogens with zero attached hydrogens (tertiary/aromatic N) is 4. The molecule has 88 heavy (non-hydrogen) atoms. The predicted octanol–water partition coefficient (Wildman–Crippen LogP) is 17.6. The minimum atomic E-state index is -5.78. The van der Waals surface area contributed by atoms with Crippen LogP contribution in [0.2, 0.25) is 0 Å². The van der Waals surface area contributed by atoms with Crippen LogP contribution in [0, 0.1) is 6.33 Å². The van der Waals surface area contributed by atoms with E-state index in [-0.39, 0.29) is 21.4 Å². The molecular weight excluding hydrogens is 1090 g/mol. The fourth-order valence-electron chi connectivity index (χ4n) is 13.8. The van der Waals surface area contributed by atoms with Gasteiger partial charge in [-0.05, 0) is 165 Å². The van der Waals surface area contributed by atoms with Crippen molar-refractivity contribution in [2.24, 2.45) is 0 Å². The van der Waals surface area contributed by atoms with Crippen LogP contribution < -0.4 is 30.1 Å². The highest BCUT2D eigenvalue weighted by Gasteiger charge is 2.44.